The summed E-state index contributed by atoms with van der Waals surface area (Å²) in [5.74, 6) is 0.218. The number of Topliss-reactive ketones (excluding diaryl/α,β-unsaturated/α-hetero) is 1. The Morgan fingerprint density at radius 2 is 1.85 bits per heavy atom. The predicted molar refractivity (Wildman–Crippen MR) is 104 cm³/mol. The number of pyridine rings is 1. The van der Waals surface area contributed by atoms with E-state index in [2.05, 4.69) is 4.98 Å². The first kappa shape index (κ1) is 17.9. The number of hydrogen-bond acceptors (Lipinski definition) is 4. The number of benzene rings is 1. The Labute approximate surface area is 159 Å². The summed E-state index contributed by atoms with van der Waals surface area (Å²) in [6, 6.07) is 11.7. The van der Waals surface area contributed by atoms with Crippen molar-refractivity contribution in [3.05, 3.63) is 59.9 Å². The molecule has 1 saturated carbocycles. The van der Waals surface area contributed by atoms with Gasteiger partial charge in [0.05, 0.1) is 4.90 Å². The number of aryl methyl sites for hydroxylation is 1. The Morgan fingerprint density at radius 3 is 2.56 bits per heavy atom. The van der Waals surface area contributed by atoms with Crippen molar-refractivity contribution in [3.63, 3.8) is 0 Å². The van der Waals surface area contributed by atoms with Gasteiger partial charge in [-0.05, 0) is 42.7 Å². The summed E-state index contributed by atoms with van der Waals surface area (Å²) < 4.78 is 27.8. The van der Waals surface area contributed by atoms with Crippen molar-refractivity contribution in [1.29, 1.82) is 0 Å². The summed E-state index contributed by atoms with van der Waals surface area (Å²) in [6.07, 6.45) is 6.38. The monoisotopic (exact) mass is 382 g/mol. The van der Waals surface area contributed by atoms with Crippen LogP contribution in [-0.4, -0.2) is 23.2 Å². The molecule has 0 saturated heterocycles. The number of aromatic nitrogens is 2. The van der Waals surface area contributed by atoms with E-state index in [0.717, 1.165) is 35.2 Å². The van der Waals surface area contributed by atoms with Crippen LogP contribution in [0.3, 0.4) is 0 Å². The van der Waals surface area contributed by atoms with E-state index in [0.29, 0.717) is 23.4 Å². The van der Waals surface area contributed by atoms with Crippen LogP contribution in [0.25, 0.3) is 11.0 Å². The molecule has 0 unspecified atom stereocenters. The fourth-order valence-electron chi connectivity index (χ4n) is 3.90. The molecule has 0 N–H and O–H groups in total. The van der Waals surface area contributed by atoms with Crippen LogP contribution in [0.5, 0.6) is 0 Å². The molecule has 2 heterocycles. The summed E-state index contributed by atoms with van der Waals surface area (Å²) in [5, 5.41) is 0.671. The molecular weight excluding hydrogens is 360 g/mol. The molecule has 0 aliphatic heterocycles. The second kappa shape index (κ2) is 6.93. The van der Waals surface area contributed by atoms with E-state index in [1.165, 1.54) is 0 Å². The molecule has 1 aliphatic rings. The highest BCUT2D eigenvalue weighted by molar-refractivity contribution is 7.90. The molecule has 140 valence electrons. The van der Waals surface area contributed by atoms with Crippen LogP contribution in [0.15, 0.2) is 53.6 Å². The van der Waals surface area contributed by atoms with Gasteiger partial charge in [-0.3, -0.25) is 4.79 Å². The van der Waals surface area contributed by atoms with Gasteiger partial charge in [-0.25, -0.2) is 17.4 Å². The van der Waals surface area contributed by atoms with Crippen molar-refractivity contribution in [2.45, 2.75) is 43.9 Å². The molecule has 27 heavy (non-hydrogen) atoms. The average Bonchev–Trinajstić information content (AvgIpc) is 3.29. The molecule has 0 bridgehead atoms. The zero-order valence-electron chi connectivity index (χ0n) is 15.3. The fourth-order valence-corrected chi connectivity index (χ4v) is 5.40. The Bertz CT molecular complexity index is 1100. The van der Waals surface area contributed by atoms with E-state index < -0.39 is 10.0 Å². The molecule has 1 aromatic carbocycles. The molecule has 1 fully saturated rings. The van der Waals surface area contributed by atoms with Crippen LogP contribution < -0.4 is 0 Å². The van der Waals surface area contributed by atoms with E-state index in [1.54, 1.807) is 42.6 Å². The van der Waals surface area contributed by atoms with E-state index in [9.17, 15) is 13.2 Å². The first-order chi connectivity index (χ1) is 13.0. The maximum Gasteiger partial charge on any atom is 0.270 e. The van der Waals surface area contributed by atoms with Crippen molar-refractivity contribution >= 4 is 26.8 Å². The minimum absolute atomic E-state index is 0.128. The van der Waals surface area contributed by atoms with E-state index in [4.69, 9.17) is 0 Å². The Hall–Kier alpha value is -2.47. The quantitative estimate of drug-likeness (QED) is 0.615. The van der Waals surface area contributed by atoms with Gasteiger partial charge in [-0.15, -0.1) is 0 Å². The smallest absolute Gasteiger partial charge is 0.270 e. The first-order valence-electron chi connectivity index (χ1n) is 9.29. The number of hydrogen-bond donors (Lipinski definition) is 0. The summed E-state index contributed by atoms with van der Waals surface area (Å²) in [5.41, 5.74) is 1.43. The SMILES string of the molecule is Cc1cnc2c(c1)cc(C(=O)CC1CCCC1)n2S(=O)(=O)c1ccccc1. The normalized spacial score (nSPS) is 15.4. The van der Waals surface area contributed by atoms with Gasteiger partial charge in [-0.2, -0.15) is 0 Å². The average molecular weight is 382 g/mol. The molecule has 4 rings (SSSR count). The first-order valence-corrected chi connectivity index (χ1v) is 10.7. The molecule has 0 spiro atoms. The number of carbonyl (C=O) groups excluding carboxylic acids is 1. The summed E-state index contributed by atoms with van der Waals surface area (Å²) in [7, 11) is -3.91. The third-order valence-corrected chi connectivity index (χ3v) is 6.97. The highest BCUT2D eigenvalue weighted by Gasteiger charge is 2.29. The second-order valence-electron chi connectivity index (χ2n) is 7.32. The molecule has 0 radical (unpaired) electrons. The third-order valence-electron chi connectivity index (χ3n) is 5.25. The number of ketones is 1. The second-order valence-corrected chi connectivity index (χ2v) is 9.10. The minimum atomic E-state index is -3.91. The van der Waals surface area contributed by atoms with Crippen LogP contribution in [0.1, 0.15) is 48.2 Å². The van der Waals surface area contributed by atoms with Crippen LogP contribution in [0.4, 0.5) is 0 Å². The maximum absolute atomic E-state index is 13.3. The van der Waals surface area contributed by atoms with Gasteiger partial charge in [-0.1, -0.05) is 43.9 Å². The van der Waals surface area contributed by atoms with Gasteiger partial charge < -0.3 is 0 Å². The summed E-state index contributed by atoms with van der Waals surface area (Å²) in [4.78, 5) is 17.5. The molecular formula is C21H22N2O3S. The number of rotatable bonds is 5. The molecule has 6 heteroatoms. The largest absolute Gasteiger partial charge is 0.292 e. The van der Waals surface area contributed by atoms with Gasteiger partial charge in [0.15, 0.2) is 11.4 Å². The van der Waals surface area contributed by atoms with Crippen LogP contribution in [0.2, 0.25) is 0 Å². The highest BCUT2D eigenvalue weighted by Crippen LogP contribution is 2.31. The molecule has 1 aliphatic carbocycles. The Kier molecular flexibility index (Phi) is 4.60. The number of fused-ring (bicyclic) bond motifs is 1. The van der Waals surface area contributed by atoms with E-state index in [1.807, 2.05) is 13.0 Å². The van der Waals surface area contributed by atoms with Crippen molar-refractivity contribution in [2.75, 3.05) is 0 Å². The zero-order valence-corrected chi connectivity index (χ0v) is 16.1. The lowest BCUT2D eigenvalue weighted by Crippen LogP contribution is -2.20. The van der Waals surface area contributed by atoms with Gasteiger partial charge in [0, 0.05) is 18.0 Å². The van der Waals surface area contributed by atoms with Gasteiger partial charge in [0.2, 0.25) is 0 Å². The Balaban J connectivity index is 1.88. The molecule has 0 atom stereocenters. The lowest BCUT2D eigenvalue weighted by atomic mass is 10.00. The van der Waals surface area contributed by atoms with Crippen molar-refractivity contribution in [3.8, 4) is 0 Å². The molecule has 0 amide bonds. The topological polar surface area (TPSA) is 69.0 Å². The van der Waals surface area contributed by atoms with Gasteiger partial charge in [0.25, 0.3) is 10.0 Å². The summed E-state index contributed by atoms with van der Waals surface area (Å²) in [6.45, 7) is 1.90. The van der Waals surface area contributed by atoms with Crippen molar-refractivity contribution < 1.29 is 13.2 Å². The number of carbonyl (C=O) groups is 1. The van der Waals surface area contributed by atoms with Crippen molar-refractivity contribution in [2.24, 2.45) is 5.92 Å². The predicted octanol–water partition coefficient (Wildman–Crippen LogP) is 4.34. The zero-order chi connectivity index (χ0) is 19.0. The van der Waals surface area contributed by atoms with Crippen LogP contribution in [-0.2, 0) is 10.0 Å². The standard InChI is InChI=1S/C21H22N2O3S/c1-15-11-17-13-19(20(24)12-16-7-5-6-8-16)23(21(17)22-14-15)27(25,26)18-9-3-2-4-10-18/h2-4,9-11,13-14,16H,5-8,12H2,1H3. The molecule has 2 aromatic heterocycles. The van der Waals surface area contributed by atoms with Gasteiger partial charge >= 0.3 is 0 Å². The van der Waals surface area contributed by atoms with E-state index >= 15 is 0 Å². The fraction of sp³-hybridized carbons (Fsp3) is 0.333. The molecule has 5 nitrogen and oxygen atoms in total. The highest BCUT2D eigenvalue weighted by atomic mass is 32.2. The Morgan fingerprint density at radius 1 is 1.15 bits per heavy atom. The molecule has 3 aromatic rings. The lowest BCUT2D eigenvalue weighted by Gasteiger charge is -2.12. The maximum atomic E-state index is 13.3. The van der Waals surface area contributed by atoms with Crippen LogP contribution >= 0.6 is 0 Å². The van der Waals surface area contributed by atoms with Gasteiger partial charge in [0.1, 0.15) is 5.69 Å². The minimum Gasteiger partial charge on any atom is -0.292 e. The van der Waals surface area contributed by atoms with E-state index in [-0.39, 0.29) is 16.4 Å². The van der Waals surface area contributed by atoms with Crippen LogP contribution in [0, 0.1) is 12.8 Å². The lowest BCUT2D eigenvalue weighted by molar-refractivity contribution is 0.0956. The number of nitrogens with zero attached hydrogens (tertiary/aromatic N) is 2. The van der Waals surface area contributed by atoms with Crippen molar-refractivity contribution in [1.82, 2.24) is 8.96 Å². The third kappa shape index (κ3) is 3.30. The summed E-state index contributed by atoms with van der Waals surface area (Å²) >= 11 is 0.